The molecule has 3 N–H and O–H groups in total. The van der Waals surface area contributed by atoms with Gasteiger partial charge in [-0.1, -0.05) is 12.1 Å². The summed E-state index contributed by atoms with van der Waals surface area (Å²) in [6.45, 7) is 1.35. The van der Waals surface area contributed by atoms with Gasteiger partial charge in [-0.15, -0.1) is 22.7 Å². The summed E-state index contributed by atoms with van der Waals surface area (Å²) in [7, 11) is 0. The van der Waals surface area contributed by atoms with Crippen molar-refractivity contribution in [3.63, 3.8) is 0 Å². The molecule has 7 nitrogen and oxygen atoms in total. The second-order valence-corrected chi connectivity index (χ2v) is 9.25. The minimum absolute atomic E-state index is 0.120. The number of aliphatic hydroxyl groups is 1. The van der Waals surface area contributed by atoms with E-state index in [0.29, 0.717) is 0 Å². The molecule has 3 rings (SSSR count). The Bertz CT molecular complexity index is 1120. The molecule has 2 amide bonds. The number of thiazole rings is 2. The van der Waals surface area contributed by atoms with Crippen LogP contribution in [0.2, 0.25) is 0 Å². The fourth-order valence-electron chi connectivity index (χ4n) is 2.96. The lowest BCUT2D eigenvalue weighted by atomic mass is 10.0. The van der Waals surface area contributed by atoms with Gasteiger partial charge in [0.15, 0.2) is 0 Å². The minimum Gasteiger partial charge on any atom is -0.384 e. The molecule has 0 bridgehead atoms. The number of hydrogen-bond acceptors (Lipinski definition) is 7. The Balaban J connectivity index is 1.65. The summed E-state index contributed by atoms with van der Waals surface area (Å²) in [6, 6.07) is 3.52. The van der Waals surface area contributed by atoms with E-state index in [9.17, 15) is 32.3 Å². The molecular weight excluding hydrogens is 496 g/mol. The number of carbonyl (C=O) groups excluding carboxylic acids is 2. The van der Waals surface area contributed by atoms with E-state index in [1.165, 1.54) is 37.5 Å². The van der Waals surface area contributed by atoms with Crippen molar-refractivity contribution in [3.05, 3.63) is 57.7 Å². The summed E-state index contributed by atoms with van der Waals surface area (Å²) in [4.78, 5) is 33.2. The van der Waals surface area contributed by atoms with Crippen LogP contribution in [-0.4, -0.2) is 45.1 Å². The van der Waals surface area contributed by atoms with Crippen molar-refractivity contribution in [1.82, 2.24) is 20.6 Å². The highest BCUT2D eigenvalue weighted by Gasteiger charge is 2.33. The van der Waals surface area contributed by atoms with Gasteiger partial charge in [-0.05, 0) is 25.5 Å². The first kappa shape index (κ1) is 25.7. The van der Waals surface area contributed by atoms with Gasteiger partial charge in [-0.2, -0.15) is 13.2 Å². The molecule has 0 aliphatic rings. The summed E-state index contributed by atoms with van der Waals surface area (Å²) in [5.74, 6) is -1.94. The lowest BCUT2D eigenvalue weighted by Gasteiger charge is -2.25. The number of carbonyl (C=O) groups is 2. The third-order valence-electron chi connectivity index (χ3n) is 4.73. The number of halogens is 4. The molecule has 182 valence electrons. The van der Waals surface area contributed by atoms with Crippen molar-refractivity contribution in [2.45, 2.75) is 44.1 Å². The maximum atomic E-state index is 13.9. The maximum absolute atomic E-state index is 13.9. The Morgan fingerprint density at radius 1 is 1.18 bits per heavy atom. The van der Waals surface area contributed by atoms with Crippen LogP contribution in [0.15, 0.2) is 42.0 Å². The molecule has 0 aliphatic heterocycles. The summed E-state index contributed by atoms with van der Waals surface area (Å²) >= 11 is 1.97. The minimum atomic E-state index is -4.48. The quantitative estimate of drug-likeness (QED) is 0.372. The van der Waals surface area contributed by atoms with Crippen molar-refractivity contribution in [2.75, 3.05) is 0 Å². The highest BCUT2D eigenvalue weighted by atomic mass is 32.1. The molecule has 0 saturated heterocycles. The van der Waals surface area contributed by atoms with Crippen molar-refractivity contribution in [1.29, 1.82) is 0 Å². The number of nitrogens with zero attached hydrogens (tertiary/aromatic N) is 2. The van der Waals surface area contributed by atoms with Gasteiger partial charge < -0.3 is 15.7 Å². The number of aliphatic hydroxyl groups excluding tert-OH is 1. The van der Waals surface area contributed by atoms with Gasteiger partial charge in [0, 0.05) is 23.6 Å². The second-order valence-electron chi connectivity index (χ2n) is 7.29. The zero-order valence-electron chi connectivity index (χ0n) is 17.7. The van der Waals surface area contributed by atoms with Crippen molar-refractivity contribution in [3.8, 4) is 10.6 Å². The van der Waals surface area contributed by atoms with Crippen LogP contribution in [0.5, 0.6) is 0 Å². The molecule has 2 heterocycles. The monoisotopic (exact) mass is 516 g/mol. The Morgan fingerprint density at radius 3 is 2.56 bits per heavy atom. The Kier molecular flexibility index (Phi) is 8.33. The molecule has 1 aromatic carbocycles. The Hall–Kier alpha value is -2.90. The highest BCUT2D eigenvalue weighted by Crippen LogP contribution is 2.29. The SMILES string of the molecule is C[C@H](NC(=O)c1cnc(-c2ccccc2F)s1)C(=O)N[C@@H](CCC(F)(F)F)C(O)c1nccs1. The van der Waals surface area contributed by atoms with Gasteiger partial charge in [0.25, 0.3) is 5.91 Å². The Morgan fingerprint density at radius 2 is 1.91 bits per heavy atom. The smallest absolute Gasteiger partial charge is 0.384 e. The van der Waals surface area contributed by atoms with Crippen LogP contribution in [-0.2, 0) is 4.79 Å². The predicted octanol–water partition coefficient (Wildman–Crippen LogP) is 4.08. The molecule has 0 radical (unpaired) electrons. The number of hydrogen-bond donors (Lipinski definition) is 3. The predicted molar refractivity (Wildman–Crippen MR) is 119 cm³/mol. The lowest BCUT2D eigenvalue weighted by molar-refractivity contribution is -0.140. The molecule has 1 unspecified atom stereocenters. The number of rotatable bonds is 9. The molecule has 3 atom stereocenters. The molecule has 13 heteroatoms. The van der Waals surface area contributed by atoms with Crippen molar-refractivity contribution >= 4 is 34.5 Å². The zero-order valence-corrected chi connectivity index (χ0v) is 19.3. The third kappa shape index (κ3) is 6.81. The Labute approximate surface area is 199 Å². The van der Waals surface area contributed by atoms with Crippen molar-refractivity contribution in [2.24, 2.45) is 0 Å². The molecule has 34 heavy (non-hydrogen) atoms. The van der Waals surface area contributed by atoms with E-state index >= 15 is 0 Å². The van der Waals surface area contributed by atoms with E-state index in [0.717, 1.165) is 22.7 Å². The topological polar surface area (TPSA) is 104 Å². The van der Waals surface area contributed by atoms with E-state index in [1.54, 1.807) is 11.4 Å². The maximum Gasteiger partial charge on any atom is 0.389 e. The first-order valence-electron chi connectivity index (χ1n) is 10.0. The normalized spacial score (nSPS) is 14.3. The van der Waals surface area contributed by atoms with Crippen LogP contribution in [0.1, 0.15) is 40.5 Å². The van der Waals surface area contributed by atoms with Crippen molar-refractivity contribution < 1.29 is 32.3 Å². The summed E-state index contributed by atoms with van der Waals surface area (Å²) in [5, 5.41) is 17.2. The van der Waals surface area contributed by atoms with Gasteiger partial charge in [-0.3, -0.25) is 9.59 Å². The summed E-state index contributed by atoms with van der Waals surface area (Å²) in [6.07, 6.45) is -5.09. The average molecular weight is 517 g/mol. The zero-order chi connectivity index (χ0) is 24.9. The molecular formula is C21H20F4N4O3S2. The number of aromatic nitrogens is 2. The van der Waals surface area contributed by atoms with Crippen LogP contribution in [0.4, 0.5) is 17.6 Å². The van der Waals surface area contributed by atoms with Crippen LogP contribution < -0.4 is 10.6 Å². The third-order valence-corrected chi connectivity index (χ3v) is 6.60. The van der Waals surface area contributed by atoms with E-state index < -0.39 is 54.8 Å². The molecule has 0 fully saturated rings. The molecule has 0 spiro atoms. The first-order chi connectivity index (χ1) is 16.0. The van der Waals surface area contributed by atoms with E-state index in [4.69, 9.17) is 0 Å². The van der Waals surface area contributed by atoms with Gasteiger partial charge >= 0.3 is 6.18 Å². The van der Waals surface area contributed by atoms with E-state index in [1.807, 2.05) is 0 Å². The highest BCUT2D eigenvalue weighted by molar-refractivity contribution is 7.16. The number of alkyl halides is 3. The number of benzene rings is 1. The van der Waals surface area contributed by atoms with Crippen LogP contribution in [0.3, 0.4) is 0 Å². The fourth-order valence-corrected chi connectivity index (χ4v) is 4.49. The van der Waals surface area contributed by atoms with Gasteiger partial charge in [-0.25, -0.2) is 14.4 Å². The van der Waals surface area contributed by atoms with Crippen LogP contribution in [0, 0.1) is 5.82 Å². The van der Waals surface area contributed by atoms with Gasteiger partial charge in [0.1, 0.15) is 32.9 Å². The summed E-state index contributed by atoms with van der Waals surface area (Å²) < 4.78 is 52.1. The molecule has 0 aliphatic carbocycles. The molecule has 2 aromatic heterocycles. The second kappa shape index (κ2) is 11.0. The fraction of sp³-hybridized carbons (Fsp3) is 0.333. The first-order valence-corrected chi connectivity index (χ1v) is 11.7. The standard InChI is InChI=1S/C21H20F4N4O3S2/c1-11(28-18(32)15-10-27-19(34-15)12-4-2-3-5-13(12)22)17(31)29-14(6-7-21(23,24)25)16(30)20-26-8-9-33-20/h2-5,8-11,14,16,30H,6-7H2,1H3,(H,28,32)(H,29,31)/t11-,14-,16?/m0/s1. The lowest BCUT2D eigenvalue weighted by Crippen LogP contribution is -2.49. The number of nitrogens with one attached hydrogen (secondary N) is 2. The van der Waals surface area contributed by atoms with Gasteiger partial charge in [0.05, 0.1) is 12.2 Å². The van der Waals surface area contributed by atoms with E-state index in [-0.39, 0.29) is 20.5 Å². The van der Waals surface area contributed by atoms with E-state index in [2.05, 4.69) is 20.6 Å². The van der Waals surface area contributed by atoms with Gasteiger partial charge in [0.2, 0.25) is 5.91 Å². The van der Waals surface area contributed by atoms with Crippen LogP contribution in [0.25, 0.3) is 10.6 Å². The average Bonchev–Trinajstić information content (AvgIpc) is 3.48. The summed E-state index contributed by atoms with van der Waals surface area (Å²) in [5.41, 5.74) is 0.223. The largest absolute Gasteiger partial charge is 0.389 e. The molecule has 0 saturated carbocycles. The molecule has 3 aromatic rings. The van der Waals surface area contributed by atoms with Crippen LogP contribution >= 0.6 is 22.7 Å². The number of amides is 2.